The summed E-state index contributed by atoms with van der Waals surface area (Å²) in [6.07, 6.45) is 4.80. The minimum atomic E-state index is -0.880. The smallest absolute Gasteiger partial charge is 0.305 e. The molecular formula is C19H23N3O3. The Labute approximate surface area is 146 Å². The number of amides is 1. The number of hydrogen-bond acceptors (Lipinski definition) is 3. The molecule has 3 rings (SSSR count). The molecule has 1 aliphatic carbocycles. The lowest BCUT2D eigenvalue weighted by Gasteiger charge is -2.28. The Morgan fingerprint density at radius 2 is 2.00 bits per heavy atom. The molecular weight excluding hydrogens is 318 g/mol. The van der Waals surface area contributed by atoms with Crippen LogP contribution in [0.15, 0.2) is 30.5 Å². The first-order chi connectivity index (χ1) is 11.9. The Balaban J connectivity index is 1.84. The van der Waals surface area contributed by atoms with Crippen LogP contribution < -0.4 is 5.32 Å². The molecule has 1 aliphatic rings. The topological polar surface area (TPSA) is 84.2 Å². The third kappa shape index (κ3) is 3.57. The number of carbonyl (C=O) groups is 2. The number of aryl methyl sites for hydroxylation is 1. The summed E-state index contributed by atoms with van der Waals surface area (Å²) in [4.78, 5) is 24.0. The molecule has 6 nitrogen and oxygen atoms in total. The fourth-order valence-electron chi connectivity index (χ4n) is 3.65. The summed E-state index contributed by atoms with van der Waals surface area (Å²) in [6.45, 7) is 3.86. The first-order valence-corrected chi connectivity index (χ1v) is 8.56. The fourth-order valence-corrected chi connectivity index (χ4v) is 3.65. The summed E-state index contributed by atoms with van der Waals surface area (Å²) in [7, 11) is 0. The third-order valence-corrected chi connectivity index (χ3v) is 4.93. The summed E-state index contributed by atoms with van der Waals surface area (Å²) in [5.74, 6) is -1.13. The number of carbonyl (C=O) groups excluding carboxylic acids is 1. The molecule has 0 atom stereocenters. The molecule has 0 bridgehead atoms. The van der Waals surface area contributed by atoms with Gasteiger partial charge in [-0.15, -0.1) is 0 Å². The second kappa shape index (κ2) is 6.70. The molecule has 0 radical (unpaired) electrons. The highest BCUT2D eigenvalue weighted by Crippen LogP contribution is 2.33. The quantitative estimate of drug-likeness (QED) is 0.875. The van der Waals surface area contributed by atoms with Crippen LogP contribution in [0.25, 0.3) is 5.69 Å². The van der Waals surface area contributed by atoms with Gasteiger partial charge in [-0.2, -0.15) is 5.10 Å². The van der Waals surface area contributed by atoms with Crippen molar-refractivity contribution in [2.24, 2.45) is 0 Å². The van der Waals surface area contributed by atoms with E-state index in [0.717, 1.165) is 29.8 Å². The summed E-state index contributed by atoms with van der Waals surface area (Å²) in [5.41, 5.74) is 2.60. The zero-order chi connectivity index (χ0) is 18.0. The number of nitrogens with one attached hydrogen (secondary N) is 1. The first-order valence-electron chi connectivity index (χ1n) is 8.56. The van der Waals surface area contributed by atoms with E-state index in [1.165, 1.54) is 0 Å². The number of hydrogen-bond donors (Lipinski definition) is 2. The maximum absolute atomic E-state index is 12.8. The van der Waals surface area contributed by atoms with E-state index >= 15 is 0 Å². The molecule has 0 saturated heterocycles. The van der Waals surface area contributed by atoms with Gasteiger partial charge in [0.05, 0.1) is 35.1 Å². The SMILES string of the molecule is Cc1cccc(-n2ncc(C(=O)NC3(CC(=O)O)CCCC3)c2C)c1. The van der Waals surface area contributed by atoms with Crippen LogP contribution in [0.2, 0.25) is 0 Å². The van der Waals surface area contributed by atoms with E-state index in [1.807, 2.05) is 38.1 Å². The molecule has 1 aromatic heterocycles. The Morgan fingerprint density at radius 3 is 2.64 bits per heavy atom. The zero-order valence-electron chi connectivity index (χ0n) is 14.6. The van der Waals surface area contributed by atoms with E-state index in [4.69, 9.17) is 0 Å². The average Bonchev–Trinajstić information content (AvgIpc) is 3.13. The second-order valence-electron chi connectivity index (χ2n) is 6.91. The molecule has 0 spiro atoms. The summed E-state index contributed by atoms with van der Waals surface area (Å²) in [5, 5.41) is 16.5. The highest BCUT2D eigenvalue weighted by molar-refractivity contribution is 5.96. The number of carboxylic acid groups (broad SMARTS) is 1. The molecule has 132 valence electrons. The second-order valence-corrected chi connectivity index (χ2v) is 6.91. The van der Waals surface area contributed by atoms with Crippen LogP contribution >= 0.6 is 0 Å². The number of aromatic nitrogens is 2. The molecule has 2 N–H and O–H groups in total. The van der Waals surface area contributed by atoms with Crippen molar-refractivity contribution in [3.8, 4) is 5.69 Å². The highest BCUT2D eigenvalue weighted by atomic mass is 16.4. The van der Waals surface area contributed by atoms with Crippen LogP contribution in [-0.2, 0) is 4.79 Å². The normalized spacial score (nSPS) is 15.9. The van der Waals surface area contributed by atoms with Crippen LogP contribution in [-0.4, -0.2) is 32.3 Å². The van der Waals surface area contributed by atoms with Crippen molar-refractivity contribution in [3.63, 3.8) is 0 Å². The van der Waals surface area contributed by atoms with Gasteiger partial charge in [0.1, 0.15) is 0 Å². The number of benzene rings is 1. The van der Waals surface area contributed by atoms with Crippen LogP contribution in [0.3, 0.4) is 0 Å². The summed E-state index contributed by atoms with van der Waals surface area (Å²) >= 11 is 0. The lowest BCUT2D eigenvalue weighted by molar-refractivity contribution is -0.138. The molecule has 0 aliphatic heterocycles. The molecule has 1 fully saturated rings. The van der Waals surface area contributed by atoms with Gasteiger partial charge in [0.2, 0.25) is 0 Å². The van der Waals surface area contributed by atoms with E-state index in [2.05, 4.69) is 10.4 Å². The molecule has 25 heavy (non-hydrogen) atoms. The minimum absolute atomic E-state index is 0.0379. The van der Waals surface area contributed by atoms with Gasteiger partial charge in [-0.05, 0) is 44.4 Å². The maximum Gasteiger partial charge on any atom is 0.305 e. The standard InChI is InChI=1S/C19H23N3O3/c1-13-6-5-7-15(10-13)22-14(2)16(12-20-22)18(25)21-19(11-17(23)24)8-3-4-9-19/h5-7,10,12H,3-4,8-9,11H2,1-2H3,(H,21,25)(H,23,24). The summed E-state index contributed by atoms with van der Waals surface area (Å²) < 4.78 is 1.74. The molecule has 1 amide bonds. The molecule has 6 heteroatoms. The van der Waals surface area contributed by atoms with Gasteiger partial charge in [0, 0.05) is 0 Å². The van der Waals surface area contributed by atoms with Crippen LogP contribution in [0.4, 0.5) is 0 Å². The largest absolute Gasteiger partial charge is 0.481 e. The van der Waals surface area contributed by atoms with Gasteiger partial charge in [-0.1, -0.05) is 25.0 Å². The van der Waals surface area contributed by atoms with E-state index in [-0.39, 0.29) is 12.3 Å². The lowest BCUT2D eigenvalue weighted by Crippen LogP contribution is -2.47. The van der Waals surface area contributed by atoms with E-state index in [0.29, 0.717) is 18.4 Å². The molecule has 2 aromatic rings. The predicted octanol–water partition coefficient (Wildman–Crippen LogP) is 3.01. The number of nitrogens with zero attached hydrogens (tertiary/aromatic N) is 2. The van der Waals surface area contributed by atoms with Crippen molar-refractivity contribution >= 4 is 11.9 Å². The van der Waals surface area contributed by atoms with Crippen molar-refractivity contribution in [2.45, 2.75) is 51.5 Å². The van der Waals surface area contributed by atoms with Crippen LogP contribution in [0.1, 0.15) is 53.7 Å². The number of rotatable bonds is 5. The molecule has 1 aromatic carbocycles. The van der Waals surface area contributed by atoms with Gasteiger partial charge < -0.3 is 10.4 Å². The monoisotopic (exact) mass is 341 g/mol. The Bertz CT molecular complexity index is 804. The van der Waals surface area contributed by atoms with Crippen molar-refractivity contribution in [1.82, 2.24) is 15.1 Å². The first kappa shape index (κ1) is 17.2. The highest BCUT2D eigenvalue weighted by Gasteiger charge is 2.38. The van der Waals surface area contributed by atoms with Gasteiger partial charge >= 0.3 is 5.97 Å². The number of aliphatic carboxylic acids is 1. The van der Waals surface area contributed by atoms with Gasteiger partial charge in [-0.25, -0.2) is 4.68 Å². The van der Waals surface area contributed by atoms with E-state index in [1.54, 1.807) is 10.9 Å². The van der Waals surface area contributed by atoms with Crippen molar-refractivity contribution in [3.05, 3.63) is 47.3 Å². The molecule has 0 unspecified atom stereocenters. The van der Waals surface area contributed by atoms with Crippen LogP contribution in [0, 0.1) is 13.8 Å². The Morgan fingerprint density at radius 1 is 1.28 bits per heavy atom. The third-order valence-electron chi connectivity index (χ3n) is 4.93. The number of carboxylic acids is 1. The molecule has 1 saturated carbocycles. The van der Waals surface area contributed by atoms with Crippen molar-refractivity contribution in [1.29, 1.82) is 0 Å². The Kier molecular flexibility index (Phi) is 4.61. The van der Waals surface area contributed by atoms with Crippen LogP contribution in [0.5, 0.6) is 0 Å². The van der Waals surface area contributed by atoms with Gasteiger partial charge in [-0.3, -0.25) is 9.59 Å². The predicted molar refractivity (Wildman–Crippen MR) is 94.0 cm³/mol. The Hall–Kier alpha value is -2.63. The van der Waals surface area contributed by atoms with E-state index < -0.39 is 11.5 Å². The minimum Gasteiger partial charge on any atom is -0.481 e. The lowest BCUT2D eigenvalue weighted by atomic mass is 9.92. The van der Waals surface area contributed by atoms with Gasteiger partial charge in [0.15, 0.2) is 0 Å². The zero-order valence-corrected chi connectivity index (χ0v) is 14.6. The summed E-state index contributed by atoms with van der Waals surface area (Å²) in [6, 6.07) is 7.90. The fraction of sp³-hybridized carbons (Fsp3) is 0.421. The van der Waals surface area contributed by atoms with E-state index in [9.17, 15) is 14.7 Å². The maximum atomic E-state index is 12.8. The van der Waals surface area contributed by atoms with Crippen molar-refractivity contribution in [2.75, 3.05) is 0 Å². The van der Waals surface area contributed by atoms with Crippen molar-refractivity contribution < 1.29 is 14.7 Å². The average molecular weight is 341 g/mol. The van der Waals surface area contributed by atoms with Gasteiger partial charge in [0.25, 0.3) is 5.91 Å². The molecule has 1 heterocycles.